The normalized spacial score (nSPS) is 12.2. The van der Waals surface area contributed by atoms with Crippen LogP contribution in [0.5, 0.6) is 0 Å². The minimum Gasteiger partial charge on any atom is -0.460 e. The van der Waals surface area contributed by atoms with Crippen molar-refractivity contribution in [3.63, 3.8) is 0 Å². The van der Waals surface area contributed by atoms with Crippen LogP contribution in [0.3, 0.4) is 0 Å². The van der Waals surface area contributed by atoms with Gasteiger partial charge in [-0.3, -0.25) is 0 Å². The Kier molecular flexibility index (Phi) is 4.48. The standard InChI is InChI=1S/C9H8F3NO5S/c10-9(11,12)19(16,17)7-6(2-1-3-13-7)8(15)18-5-4-14/h1-3,14H,4-5H2. The summed E-state index contributed by atoms with van der Waals surface area (Å²) in [6.07, 6.45) is 0.807. The second-order valence-electron chi connectivity index (χ2n) is 3.16. The molecule has 0 aliphatic heterocycles. The number of halogens is 3. The molecule has 1 heterocycles. The molecule has 0 spiro atoms. The van der Waals surface area contributed by atoms with Gasteiger partial charge in [0, 0.05) is 6.20 Å². The van der Waals surface area contributed by atoms with E-state index >= 15 is 0 Å². The first-order valence-electron chi connectivity index (χ1n) is 4.76. The van der Waals surface area contributed by atoms with Crippen LogP contribution >= 0.6 is 0 Å². The lowest BCUT2D eigenvalue weighted by Gasteiger charge is -2.10. The van der Waals surface area contributed by atoms with Crippen LogP contribution in [0.25, 0.3) is 0 Å². The van der Waals surface area contributed by atoms with E-state index in [-0.39, 0.29) is 0 Å². The van der Waals surface area contributed by atoms with Crippen LogP contribution in [0.2, 0.25) is 0 Å². The monoisotopic (exact) mass is 299 g/mol. The van der Waals surface area contributed by atoms with Gasteiger partial charge in [-0.15, -0.1) is 0 Å². The van der Waals surface area contributed by atoms with Crippen molar-refractivity contribution in [1.29, 1.82) is 0 Å². The zero-order valence-electron chi connectivity index (χ0n) is 9.22. The molecule has 6 nitrogen and oxygen atoms in total. The minimum atomic E-state index is -5.75. The third-order valence-corrected chi connectivity index (χ3v) is 3.32. The van der Waals surface area contributed by atoms with E-state index in [9.17, 15) is 26.4 Å². The zero-order valence-corrected chi connectivity index (χ0v) is 10.0. The van der Waals surface area contributed by atoms with Crippen molar-refractivity contribution in [3.8, 4) is 0 Å². The van der Waals surface area contributed by atoms with E-state index in [1.165, 1.54) is 0 Å². The number of rotatable bonds is 4. The molecule has 10 heteroatoms. The molecule has 0 bridgehead atoms. The summed E-state index contributed by atoms with van der Waals surface area (Å²) in [7, 11) is -5.75. The van der Waals surface area contributed by atoms with Gasteiger partial charge < -0.3 is 9.84 Å². The minimum absolute atomic E-state index is 0.473. The van der Waals surface area contributed by atoms with Gasteiger partial charge in [0.05, 0.1) is 12.2 Å². The summed E-state index contributed by atoms with van der Waals surface area (Å²) in [6, 6.07) is 1.93. The second-order valence-corrected chi connectivity index (χ2v) is 5.02. The van der Waals surface area contributed by atoms with Crippen molar-refractivity contribution in [3.05, 3.63) is 23.9 Å². The number of aromatic nitrogens is 1. The van der Waals surface area contributed by atoms with Crippen molar-refractivity contribution in [2.45, 2.75) is 10.5 Å². The van der Waals surface area contributed by atoms with Crippen LogP contribution in [0.1, 0.15) is 10.4 Å². The summed E-state index contributed by atoms with van der Waals surface area (Å²) >= 11 is 0. The lowest BCUT2D eigenvalue weighted by molar-refractivity contribution is -0.0438. The number of aliphatic hydroxyl groups excluding tert-OH is 1. The molecule has 0 aliphatic carbocycles. The van der Waals surface area contributed by atoms with Gasteiger partial charge >= 0.3 is 11.5 Å². The van der Waals surface area contributed by atoms with Gasteiger partial charge in [0.25, 0.3) is 9.84 Å². The first-order chi connectivity index (χ1) is 8.71. The summed E-state index contributed by atoms with van der Waals surface area (Å²) in [5.41, 5.74) is -6.42. The van der Waals surface area contributed by atoms with Gasteiger partial charge in [-0.2, -0.15) is 13.2 Å². The number of hydrogen-bond donors (Lipinski definition) is 1. The number of ether oxygens (including phenoxy) is 1. The average Bonchev–Trinajstić information content (AvgIpc) is 2.34. The van der Waals surface area contributed by atoms with Gasteiger partial charge in [-0.1, -0.05) is 0 Å². The molecule has 1 aromatic rings. The van der Waals surface area contributed by atoms with Crippen molar-refractivity contribution >= 4 is 15.8 Å². The van der Waals surface area contributed by atoms with Crippen LogP contribution in [0.15, 0.2) is 23.4 Å². The molecule has 1 rings (SSSR count). The molecule has 0 aromatic carbocycles. The molecular weight excluding hydrogens is 291 g/mol. The van der Waals surface area contributed by atoms with Crippen molar-refractivity contribution < 1.29 is 36.2 Å². The smallest absolute Gasteiger partial charge is 0.460 e. The van der Waals surface area contributed by atoms with Crippen molar-refractivity contribution in [2.75, 3.05) is 13.2 Å². The summed E-state index contributed by atoms with van der Waals surface area (Å²) in [5.74, 6) is -1.31. The summed E-state index contributed by atoms with van der Waals surface area (Å²) in [6.45, 7) is -1.02. The second kappa shape index (κ2) is 5.53. The number of alkyl halides is 3. The van der Waals surface area contributed by atoms with E-state index in [2.05, 4.69) is 9.72 Å². The molecule has 0 saturated carbocycles. The number of pyridine rings is 1. The fraction of sp³-hybridized carbons (Fsp3) is 0.333. The van der Waals surface area contributed by atoms with Crippen LogP contribution in [0, 0.1) is 0 Å². The molecule has 19 heavy (non-hydrogen) atoms. The Morgan fingerprint density at radius 3 is 2.58 bits per heavy atom. The van der Waals surface area contributed by atoms with Gasteiger partial charge in [0.2, 0.25) is 0 Å². The first kappa shape index (κ1) is 15.4. The topological polar surface area (TPSA) is 93.6 Å². The van der Waals surface area contributed by atoms with Gasteiger partial charge in [-0.05, 0) is 12.1 Å². The molecule has 1 N–H and O–H groups in total. The molecule has 106 valence electrons. The lowest BCUT2D eigenvalue weighted by atomic mass is 10.3. The number of aliphatic hydroxyl groups is 1. The quantitative estimate of drug-likeness (QED) is 0.815. The Hall–Kier alpha value is -1.68. The maximum atomic E-state index is 12.4. The first-order valence-corrected chi connectivity index (χ1v) is 6.24. The Bertz CT molecular complexity index is 569. The van der Waals surface area contributed by atoms with E-state index < -0.39 is 45.1 Å². The number of hydrogen-bond acceptors (Lipinski definition) is 6. The molecular formula is C9H8F3NO5S. The van der Waals surface area contributed by atoms with Gasteiger partial charge in [0.15, 0.2) is 5.03 Å². The van der Waals surface area contributed by atoms with Crippen LogP contribution in [-0.4, -0.2) is 43.2 Å². The van der Waals surface area contributed by atoms with E-state index in [4.69, 9.17) is 5.11 Å². The maximum Gasteiger partial charge on any atom is 0.503 e. The summed E-state index contributed by atoms with van der Waals surface area (Å²) in [4.78, 5) is 14.5. The molecule has 0 fully saturated rings. The SMILES string of the molecule is O=C(OCCO)c1cccnc1S(=O)(=O)C(F)(F)F. The molecule has 0 aliphatic rings. The number of esters is 1. The number of sulfone groups is 1. The van der Waals surface area contributed by atoms with E-state index in [0.29, 0.717) is 0 Å². The predicted molar refractivity (Wildman–Crippen MR) is 54.8 cm³/mol. The number of carbonyl (C=O) groups excluding carboxylic acids is 1. The van der Waals surface area contributed by atoms with Crippen LogP contribution in [0.4, 0.5) is 13.2 Å². The third-order valence-electron chi connectivity index (χ3n) is 1.87. The Balaban J connectivity index is 3.28. The maximum absolute atomic E-state index is 12.4. The van der Waals surface area contributed by atoms with Gasteiger partial charge in [0.1, 0.15) is 6.61 Å². The van der Waals surface area contributed by atoms with Crippen molar-refractivity contribution in [1.82, 2.24) is 4.98 Å². The molecule has 0 amide bonds. The number of nitrogens with zero attached hydrogens (tertiary/aromatic N) is 1. The number of carbonyl (C=O) groups is 1. The fourth-order valence-electron chi connectivity index (χ4n) is 1.09. The summed E-state index contributed by atoms with van der Waals surface area (Å²) in [5, 5.41) is 7.00. The largest absolute Gasteiger partial charge is 0.503 e. The lowest BCUT2D eigenvalue weighted by Crippen LogP contribution is -2.26. The highest BCUT2D eigenvalue weighted by molar-refractivity contribution is 7.92. The van der Waals surface area contributed by atoms with E-state index in [1.54, 1.807) is 0 Å². The molecule has 0 saturated heterocycles. The highest BCUT2D eigenvalue weighted by Crippen LogP contribution is 2.30. The van der Waals surface area contributed by atoms with E-state index in [1.807, 2.05) is 0 Å². The van der Waals surface area contributed by atoms with Crippen LogP contribution in [-0.2, 0) is 14.6 Å². The Morgan fingerprint density at radius 1 is 1.42 bits per heavy atom. The van der Waals surface area contributed by atoms with Gasteiger partial charge in [-0.25, -0.2) is 18.2 Å². The molecule has 0 atom stereocenters. The highest BCUT2D eigenvalue weighted by atomic mass is 32.2. The van der Waals surface area contributed by atoms with Crippen LogP contribution < -0.4 is 0 Å². The molecule has 1 aromatic heterocycles. The van der Waals surface area contributed by atoms with Crippen molar-refractivity contribution in [2.24, 2.45) is 0 Å². The molecule has 0 radical (unpaired) electrons. The Labute approximate surface area is 105 Å². The fourth-order valence-corrected chi connectivity index (χ4v) is 1.95. The third kappa shape index (κ3) is 3.20. The predicted octanol–water partition coefficient (Wildman–Crippen LogP) is 0.524. The average molecular weight is 299 g/mol. The molecule has 0 unspecified atom stereocenters. The summed E-state index contributed by atoms with van der Waals surface area (Å²) < 4.78 is 64.0. The Morgan fingerprint density at radius 2 is 2.05 bits per heavy atom. The zero-order chi connectivity index (χ0) is 14.7. The van der Waals surface area contributed by atoms with E-state index in [0.717, 1.165) is 18.3 Å². The highest BCUT2D eigenvalue weighted by Gasteiger charge is 2.49.